The molecular weight excluding hydrogens is 180 g/mol. The summed E-state index contributed by atoms with van der Waals surface area (Å²) in [4.78, 5) is 11.5. The van der Waals surface area contributed by atoms with Crippen LogP contribution in [0.5, 0.6) is 0 Å². The fourth-order valence-electron chi connectivity index (χ4n) is 1.74. The van der Waals surface area contributed by atoms with Crippen LogP contribution in [0.1, 0.15) is 26.2 Å². The molecule has 4 nitrogen and oxygen atoms in total. The van der Waals surface area contributed by atoms with Crippen LogP contribution in [0.3, 0.4) is 0 Å². The molecule has 2 N–H and O–H groups in total. The van der Waals surface area contributed by atoms with Gasteiger partial charge < -0.3 is 15.4 Å². The van der Waals surface area contributed by atoms with E-state index in [0.717, 1.165) is 19.3 Å². The minimum atomic E-state index is -0.114. The Morgan fingerprint density at radius 3 is 2.71 bits per heavy atom. The second-order valence-corrected chi connectivity index (χ2v) is 3.89. The van der Waals surface area contributed by atoms with Crippen molar-refractivity contribution in [1.29, 1.82) is 0 Å². The maximum atomic E-state index is 11.5. The number of hydrogen-bond donors (Lipinski definition) is 2. The standard InChI is InChI=1S/C10H20N2O2/c1-7(11-2)10(13)12-8-4-5-9(6-8)14-3/h7-9,11H,4-6H2,1-3H3,(H,12,13). The molecule has 82 valence electrons. The van der Waals surface area contributed by atoms with Gasteiger partial charge in [-0.3, -0.25) is 4.79 Å². The zero-order chi connectivity index (χ0) is 10.6. The molecule has 0 aromatic heterocycles. The molecule has 4 heteroatoms. The van der Waals surface area contributed by atoms with Crippen molar-refractivity contribution in [2.45, 2.75) is 44.4 Å². The van der Waals surface area contributed by atoms with Gasteiger partial charge in [-0.1, -0.05) is 0 Å². The van der Waals surface area contributed by atoms with Crippen LogP contribution in [0, 0.1) is 0 Å². The maximum absolute atomic E-state index is 11.5. The average molecular weight is 200 g/mol. The van der Waals surface area contributed by atoms with Crippen molar-refractivity contribution in [3.05, 3.63) is 0 Å². The molecule has 3 unspecified atom stereocenters. The molecule has 1 amide bonds. The minimum Gasteiger partial charge on any atom is -0.381 e. The van der Waals surface area contributed by atoms with E-state index in [4.69, 9.17) is 4.74 Å². The van der Waals surface area contributed by atoms with Gasteiger partial charge in [-0.2, -0.15) is 0 Å². The summed E-state index contributed by atoms with van der Waals surface area (Å²) < 4.78 is 5.24. The second-order valence-electron chi connectivity index (χ2n) is 3.89. The number of carbonyl (C=O) groups excluding carboxylic acids is 1. The molecule has 0 radical (unpaired) electrons. The molecule has 1 rings (SSSR count). The van der Waals surface area contributed by atoms with Crippen LogP contribution in [0.15, 0.2) is 0 Å². The number of methoxy groups -OCH3 is 1. The molecule has 0 aromatic rings. The molecule has 0 saturated heterocycles. The van der Waals surface area contributed by atoms with Crippen LogP contribution in [0.4, 0.5) is 0 Å². The van der Waals surface area contributed by atoms with Gasteiger partial charge in [0.05, 0.1) is 12.1 Å². The Bertz CT molecular complexity index is 197. The van der Waals surface area contributed by atoms with Crippen molar-refractivity contribution in [2.24, 2.45) is 0 Å². The molecule has 0 aliphatic heterocycles. The molecular formula is C10H20N2O2. The van der Waals surface area contributed by atoms with Crippen molar-refractivity contribution in [3.63, 3.8) is 0 Å². The Labute approximate surface area is 85.4 Å². The van der Waals surface area contributed by atoms with Crippen molar-refractivity contribution in [3.8, 4) is 0 Å². The van der Waals surface area contributed by atoms with Crippen molar-refractivity contribution in [2.75, 3.05) is 14.2 Å². The zero-order valence-electron chi connectivity index (χ0n) is 9.17. The number of carbonyl (C=O) groups is 1. The van der Waals surface area contributed by atoms with E-state index in [9.17, 15) is 4.79 Å². The molecule has 0 spiro atoms. The van der Waals surface area contributed by atoms with E-state index in [2.05, 4.69) is 10.6 Å². The average Bonchev–Trinajstić information content (AvgIpc) is 2.64. The number of nitrogens with one attached hydrogen (secondary N) is 2. The third-order valence-electron chi connectivity index (χ3n) is 2.89. The molecule has 1 aliphatic carbocycles. The van der Waals surface area contributed by atoms with Gasteiger partial charge in [0.25, 0.3) is 0 Å². The molecule has 3 atom stereocenters. The first-order chi connectivity index (χ1) is 6.67. The summed E-state index contributed by atoms with van der Waals surface area (Å²) in [5.74, 6) is 0.0780. The SMILES string of the molecule is CNC(C)C(=O)NC1CCC(OC)C1. The van der Waals surface area contributed by atoms with Gasteiger partial charge in [0, 0.05) is 13.2 Å². The summed E-state index contributed by atoms with van der Waals surface area (Å²) in [5.41, 5.74) is 0. The van der Waals surface area contributed by atoms with Crippen molar-refractivity contribution >= 4 is 5.91 Å². The Morgan fingerprint density at radius 1 is 1.50 bits per heavy atom. The van der Waals surface area contributed by atoms with Crippen LogP contribution >= 0.6 is 0 Å². The first-order valence-corrected chi connectivity index (χ1v) is 5.17. The highest BCUT2D eigenvalue weighted by atomic mass is 16.5. The van der Waals surface area contributed by atoms with E-state index >= 15 is 0 Å². The third kappa shape index (κ3) is 2.96. The molecule has 1 aliphatic rings. The second kappa shape index (κ2) is 5.32. The summed E-state index contributed by atoms with van der Waals surface area (Å²) in [5, 5.41) is 5.93. The number of rotatable bonds is 4. The minimum absolute atomic E-state index is 0.0780. The van der Waals surface area contributed by atoms with E-state index < -0.39 is 0 Å². The highest BCUT2D eigenvalue weighted by Crippen LogP contribution is 2.21. The van der Waals surface area contributed by atoms with Crippen LogP contribution in [0.2, 0.25) is 0 Å². The molecule has 1 fully saturated rings. The smallest absolute Gasteiger partial charge is 0.237 e. The van der Waals surface area contributed by atoms with Gasteiger partial charge in [-0.05, 0) is 33.2 Å². The largest absolute Gasteiger partial charge is 0.381 e. The number of amides is 1. The van der Waals surface area contributed by atoms with Gasteiger partial charge in [0.2, 0.25) is 5.91 Å². The fraction of sp³-hybridized carbons (Fsp3) is 0.900. The number of likely N-dealkylation sites (N-methyl/N-ethyl adjacent to an activating group) is 1. The van der Waals surface area contributed by atoms with Gasteiger partial charge in [0.15, 0.2) is 0 Å². The molecule has 1 saturated carbocycles. The molecule has 0 heterocycles. The van der Waals surface area contributed by atoms with Gasteiger partial charge in [-0.15, -0.1) is 0 Å². The summed E-state index contributed by atoms with van der Waals surface area (Å²) >= 11 is 0. The Hall–Kier alpha value is -0.610. The number of ether oxygens (including phenoxy) is 1. The highest BCUT2D eigenvalue weighted by molar-refractivity contribution is 5.81. The highest BCUT2D eigenvalue weighted by Gasteiger charge is 2.26. The first-order valence-electron chi connectivity index (χ1n) is 5.17. The summed E-state index contributed by atoms with van der Waals surface area (Å²) in [6.45, 7) is 1.86. The predicted octanol–water partition coefficient (Wildman–Crippen LogP) is 0.278. The third-order valence-corrected chi connectivity index (χ3v) is 2.89. The van der Waals surface area contributed by atoms with Crippen LogP contribution < -0.4 is 10.6 Å². The van der Waals surface area contributed by atoms with Crippen LogP contribution in [-0.2, 0) is 9.53 Å². The Balaban J connectivity index is 2.28. The van der Waals surface area contributed by atoms with Gasteiger partial charge >= 0.3 is 0 Å². The van der Waals surface area contributed by atoms with E-state index in [0.29, 0.717) is 12.1 Å². The predicted molar refractivity (Wildman–Crippen MR) is 55.1 cm³/mol. The van der Waals surface area contributed by atoms with E-state index in [1.54, 1.807) is 14.2 Å². The summed E-state index contributed by atoms with van der Waals surface area (Å²) in [7, 11) is 3.52. The van der Waals surface area contributed by atoms with E-state index in [-0.39, 0.29) is 11.9 Å². The topological polar surface area (TPSA) is 50.4 Å². The monoisotopic (exact) mass is 200 g/mol. The lowest BCUT2D eigenvalue weighted by Crippen LogP contribution is -2.44. The Morgan fingerprint density at radius 2 is 2.21 bits per heavy atom. The quantitative estimate of drug-likeness (QED) is 0.685. The lowest BCUT2D eigenvalue weighted by molar-refractivity contribution is -0.123. The first kappa shape index (κ1) is 11.5. The summed E-state index contributed by atoms with van der Waals surface area (Å²) in [6, 6.07) is 0.180. The number of hydrogen-bond acceptors (Lipinski definition) is 3. The van der Waals surface area contributed by atoms with Crippen LogP contribution in [-0.4, -0.2) is 38.3 Å². The van der Waals surface area contributed by atoms with E-state index in [1.165, 1.54) is 0 Å². The summed E-state index contributed by atoms with van der Waals surface area (Å²) in [6.07, 6.45) is 3.35. The lowest BCUT2D eigenvalue weighted by Gasteiger charge is -2.16. The molecule has 0 bridgehead atoms. The maximum Gasteiger partial charge on any atom is 0.237 e. The zero-order valence-corrected chi connectivity index (χ0v) is 9.17. The van der Waals surface area contributed by atoms with E-state index in [1.807, 2.05) is 6.92 Å². The molecule has 0 aromatic carbocycles. The molecule has 14 heavy (non-hydrogen) atoms. The van der Waals surface area contributed by atoms with Crippen LogP contribution in [0.25, 0.3) is 0 Å². The fourth-order valence-corrected chi connectivity index (χ4v) is 1.74. The Kier molecular flexibility index (Phi) is 4.35. The lowest BCUT2D eigenvalue weighted by atomic mass is 10.2. The van der Waals surface area contributed by atoms with Crippen molar-refractivity contribution in [1.82, 2.24) is 10.6 Å². The van der Waals surface area contributed by atoms with Gasteiger partial charge in [-0.25, -0.2) is 0 Å². The van der Waals surface area contributed by atoms with Crippen molar-refractivity contribution < 1.29 is 9.53 Å². The normalized spacial score (nSPS) is 28.8. The van der Waals surface area contributed by atoms with Gasteiger partial charge in [0.1, 0.15) is 0 Å².